The van der Waals surface area contributed by atoms with Crippen LogP contribution in [0.1, 0.15) is 52.4 Å². The Bertz CT molecular complexity index is 264. The number of rotatable bonds is 6. The minimum atomic E-state index is 0.251. The summed E-state index contributed by atoms with van der Waals surface area (Å²) in [4.78, 5) is 14.3. The molecule has 3 heteroatoms. The Hall–Kier alpha value is -0.570. The van der Waals surface area contributed by atoms with E-state index in [1.54, 1.807) is 0 Å². The van der Waals surface area contributed by atoms with Gasteiger partial charge in [0.25, 0.3) is 0 Å². The lowest BCUT2D eigenvalue weighted by molar-refractivity contribution is -0.136. The van der Waals surface area contributed by atoms with Crippen LogP contribution in [-0.2, 0) is 4.79 Å². The molecule has 1 amide bonds. The number of nitrogens with zero attached hydrogens (tertiary/aromatic N) is 1. The Kier molecular flexibility index (Phi) is 5.04. The SMILES string of the molecule is CCC(CC)C(=O)N1CCC(NCC2CC2)CC1. The van der Waals surface area contributed by atoms with Gasteiger partial charge >= 0.3 is 0 Å². The number of hydrogen-bond donors (Lipinski definition) is 1. The van der Waals surface area contributed by atoms with Gasteiger partial charge in [-0.1, -0.05) is 13.8 Å². The summed E-state index contributed by atoms with van der Waals surface area (Å²) in [5.74, 6) is 1.59. The molecule has 1 aliphatic carbocycles. The standard InChI is InChI=1S/C15H28N2O/c1-3-13(4-2)15(18)17-9-7-14(8-10-17)16-11-12-5-6-12/h12-14,16H,3-11H2,1-2H3. The van der Waals surface area contributed by atoms with Crippen LogP contribution in [0.2, 0.25) is 0 Å². The van der Waals surface area contributed by atoms with Crippen molar-refractivity contribution in [1.82, 2.24) is 10.2 Å². The van der Waals surface area contributed by atoms with Crippen LogP contribution in [-0.4, -0.2) is 36.5 Å². The molecule has 0 aromatic heterocycles. The van der Waals surface area contributed by atoms with Crippen molar-refractivity contribution >= 4 is 5.91 Å². The van der Waals surface area contributed by atoms with E-state index >= 15 is 0 Å². The molecule has 2 aliphatic rings. The molecule has 0 radical (unpaired) electrons. The maximum Gasteiger partial charge on any atom is 0.225 e. The summed E-state index contributed by atoms with van der Waals surface area (Å²) < 4.78 is 0. The Balaban J connectivity index is 1.69. The molecule has 1 saturated carbocycles. The van der Waals surface area contributed by atoms with Crippen LogP contribution in [0.15, 0.2) is 0 Å². The first-order valence-electron chi connectivity index (χ1n) is 7.76. The van der Waals surface area contributed by atoms with Gasteiger partial charge in [-0.3, -0.25) is 4.79 Å². The first-order valence-corrected chi connectivity index (χ1v) is 7.76. The molecular weight excluding hydrogens is 224 g/mol. The quantitative estimate of drug-likeness (QED) is 0.787. The average Bonchev–Trinajstić information content (AvgIpc) is 3.22. The van der Waals surface area contributed by atoms with E-state index in [1.807, 2.05) is 0 Å². The normalized spacial score (nSPS) is 21.6. The van der Waals surface area contributed by atoms with E-state index < -0.39 is 0 Å². The minimum Gasteiger partial charge on any atom is -0.342 e. The summed E-state index contributed by atoms with van der Waals surface area (Å²) in [5, 5.41) is 3.66. The highest BCUT2D eigenvalue weighted by Gasteiger charge is 2.27. The van der Waals surface area contributed by atoms with E-state index in [1.165, 1.54) is 19.4 Å². The second kappa shape index (κ2) is 6.55. The minimum absolute atomic E-state index is 0.251. The number of piperidine rings is 1. The summed E-state index contributed by atoms with van der Waals surface area (Å²) in [7, 11) is 0. The molecule has 1 saturated heterocycles. The average molecular weight is 252 g/mol. The van der Waals surface area contributed by atoms with Gasteiger partial charge in [-0.25, -0.2) is 0 Å². The van der Waals surface area contributed by atoms with Crippen molar-refractivity contribution in [2.24, 2.45) is 11.8 Å². The number of amides is 1. The number of hydrogen-bond acceptors (Lipinski definition) is 2. The maximum atomic E-state index is 12.2. The zero-order chi connectivity index (χ0) is 13.0. The van der Waals surface area contributed by atoms with Gasteiger partial charge in [0.15, 0.2) is 0 Å². The molecule has 1 aliphatic heterocycles. The topological polar surface area (TPSA) is 32.3 Å². The summed E-state index contributed by atoms with van der Waals surface area (Å²) >= 11 is 0. The van der Waals surface area contributed by atoms with Crippen molar-refractivity contribution < 1.29 is 4.79 Å². The molecule has 104 valence electrons. The fraction of sp³-hybridized carbons (Fsp3) is 0.933. The largest absolute Gasteiger partial charge is 0.342 e. The van der Waals surface area contributed by atoms with E-state index in [0.29, 0.717) is 11.9 Å². The molecule has 0 atom stereocenters. The number of likely N-dealkylation sites (tertiary alicyclic amines) is 1. The molecule has 1 heterocycles. The predicted molar refractivity (Wildman–Crippen MR) is 74.4 cm³/mol. The molecule has 0 aromatic rings. The predicted octanol–water partition coefficient (Wildman–Crippen LogP) is 2.41. The van der Waals surface area contributed by atoms with Crippen LogP contribution >= 0.6 is 0 Å². The number of carbonyl (C=O) groups is 1. The van der Waals surface area contributed by atoms with E-state index in [4.69, 9.17) is 0 Å². The van der Waals surface area contributed by atoms with E-state index in [0.717, 1.165) is 44.7 Å². The molecule has 2 fully saturated rings. The van der Waals surface area contributed by atoms with Crippen LogP contribution in [0, 0.1) is 11.8 Å². The molecule has 18 heavy (non-hydrogen) atoms. The van der Waals surface area contributed by atoms with Gasteiger partial charge in [0.1, 0.15) is 0 Å². The zero-order valence-electron chi connectivity index (χ0n) is 12.0. The molecule has 3 nitrogen and oxygen atoms in total. The monoisotopic (exact) mass is 252 g/mol. The Morgan fingerprint density at radius 1 is 1.17 bits per heavy atom. The second-order valence-electron chi connectivity index (χ2n) is 5.96. The van der Waals surface area contributed by atoms with E-state index in [9.17, 15) is 4.79 Å². The first-order chi connectivity index (χ1) is 8.74. The lowest BCUT2D eigenvalue weighted by Gasteiger charge is -2.34. The summed E-state index contributed by atoms with van der Waals surface area (Å²) in [6.07, 6.45) is 7.07. The van der Waals surface area contributed by atoms with Crippen molar-refractivity contribution in [3.05, 3.63) is 0 Å². The summed E-state index contributed by atoms with van der Waals surface area (Å²) in [6.45, 7) is 7.35. The molecule has 1 N–H and O–H groups in total. The number of nitrogens with one attached hydrogen (secondary N) is 1. The van der Waals surface area contributed by atoms with Crippen LogP contribution in [0.3, 0.4) is 0 Å². The van der Waals surface area contributed by atoms with Crippen molar-refractivity contribution in [3.63, 3.8) is 0 Å². The summed E-state index contributed by atoms with van der Waals surface area (Å²) in [5.41, 5.74) is 0. The van der Waals surface area contributed by atoms with Crippen LogP contribution in [0.5, 0.6) is 0 Å². The number of carbonyl (C=O) groups excluding carboxylic acids is 1. The van der Waals surface area contributed by atoms with Gasteiger partial charge in [0, 0.05) is 25.0 Å². The van der Waals surface area contributed by atoms with Gasteiger partial charge in [-0.15, -0.1) is 0 Å². The van der Waals surface area contributed by atoms with E-state index in [-0.39, 0.29) is 5.92 Å². The Morgan fingerprint density at radius 2 is 1.78 bits per heavy atom. The van der Waals surface area contributed by atoms with Crippen LogP contribution in [0.25, 0.3) is 0 Å². The Labute approximate surface area is 111 Å². The fourth-order valence-corrected chi connectivity index (χ4v) is 2.86. The lowest BCUT2D eigenvalue weighted by atomic mass is 9.98. The molecule has 0 bridgehead atoms. The molecule has 0 aromatic carbocycles. The third-order valence-corrected chi connectivity index (χ3v) is 4.53. The molecule has 0 unspecified atom stereocenters. The summed E-state index contributed by atoms with van der Waals surface area (Å²) in [6, 6.07) is 0.649. The van der Waals surface area contributed by atoms with Gasteiger partial charge < -0.3 is 10.2 Å². The highest BCUT2D eigenvalue weighted by atomic mass is 16.2. The van der Waals surface area contributed by atoms with Crippen molar-refractivity contribution in [2.75, 3.05) is 19.6 Å². The fourth-order valence-electron chi connectivity index (χ4n) is 2.86. The van der Waals surface area contributed by atoms with Crippen molar-refractivity contribution in [3.8, 4) is 0 Å². The highest BCUT2D eigenvalue weighted by Crippen LogP contribution is 2.28. The lowest BCUT2D eigenvalue weighted by Crippen LogP contribution is -2.47. The third kappa shape index (κ3) is 3.71. The van der Waals surface area contributed by atoms with Gasteiger partial charge in [-0.05, 0) is 51.0 Å². The zero-order valence-corrected chi connectivity index (χ0v) is 12.0. The van der Waals surface area contributed by atoms with Crippen LogP contribution in [0.4, 0.5) is 0 Å². The highest BCUT2D eigenvalue weighted by molar-refractivity contribution is 5.78. The van der Waals surface area contributed by atoms with E-state index in [2.05, 4.69) is 24.1 Å². The second-order valence-corrected chi connectivity index (χ2v) is 5.96. The molecular formula is C15H28N2O. The van der Waals surface area contributed by atoms with Gasteiger partial charge in [0.2, 0.25) is 5.91 Å². The van der Waals surface area contributed by atoms with Crippen LogP contribution < -0.4 is 5.32 Å². The molecule has 2 rings (SSSR count). The van der Waals surface area contributed by atoms with Crippen molar-refractivity contribution in [1.29, 1.82) is 0 Å². The molecule has 0 spiro atoms. The first kappa shape index (κ1) is 13.9. The Morgan fingerprint density at radius 3 is 2.28 bits per heavy atom. The maximum absolute atomic E-state index is 12.2. The third-order valence-electron chi connectivity index (χ3n) is 4.53. The smallest absolute Gasteiger partial charge is 0.225 e. The van der Waals surface area contributed by atoms with Gasteiger partial charge in [0.05, 0.1) is 0 Å². The van der Waals surface area contributed by atoms with Gasteiger partial charge in [-0.2, -0.15) is 0 Å². The van der Waals surface area contributed by atoms with Crippen molar-refractivity contribution in [2.45, 2.75) is 58.4 Å².